The fraction of sp³-hybridized carbons (Fsp3) is 0.176. The Morgan fingerprint density at radius 2 is 2.12 bits per heavy atom. The zero-order valence-electron chi connectivity index (χ0n) is 13.4. The smallest absolute Gasteiger partial charge is 0.311 e. The molecule has 3 rings (SSSR count). The molecule has 0 aliphatic rings. The SMILES string of the molecule is CCOC(=O)Cc1csc(NC(=O)c2cc(=O)[nH]c3ccccc23)n1. The molecule has 25 heavy (non-hydrogen) atoms. The molecule has 0 saturated carbocycles. The van der Waals surface area contributed by atoms with E-state index in [0.29, 0.717) is 28.3 Å². The fourth-order valence-corrected chi connectivity index (χ4v) is 3.07. The third-order valence-corrected chi connectivity index (χ3v) is 4.20. The molecule has 7 nitrogen and oxygen atoms in total. The van der Waals surface area contributed by atoms with Crippen LogP contribution < -0.4 is 10.9 Å². The van der Waals surface area contributed by atoms with Gasteiger partial charge in [0.2, 0.25) is 5.56 Å². The van der Waals surface area contributed by atoms with Crippen molar-refractivity contribution in [1.29, 1.82) is 0 Å². The Morgan fingerprint density at radius 1 is 1.32 bits per heavy atom. The van der Waals surface area contributed by atoms with Crippen LogP contribution in [0.4, 0.5) is 5.13 Å². The maximum absolute atomic E-state index is 12.5. The molecule has 0 spiro atoms. The van der Waals surface area contributed by atoms with Gasteiger partial charge in [-0.25, -0.2) is 4.98 Å². The third-order valence-electron chi connectivity index (χ3n) is 3.40. The molecular weight excluding hydrogens is 342 g/mol. The molecule has 0 aliphatic heterocycles. The number of amides is 1. The molecule has 128 valence electrons. The van der Waals surface area contributed by atoms with Gasteiger partial charge in [0, 0.05) is 22.3 Å². The Balaban J connectivity index is 1.80. The van der Waals surface area contributed by atoms with E-state index in [1.807, 2.05) is 0 Å². The van der Waals surface area contributed by atoms with Crippen molar-refractivity contribution >= 4 is 39.2 Å². The highest BCUT2D eigenvalue weighted by Gasteiger charge is 2.14. The van der Waals surface area contributed by atoms with Gasteiger partial charge in [-0.1, -0.05) is 18.2 Å². The second-order valence-corrected chi connectivity index (χ2v) is 6.03. The number of carbonyl (C=O) groups is 2. The summed E-state index contributed by atoms with van der Waals surface area (Å²) in [6.45, 7) is 2.04. The van der Waals surface area contributed by atoms with E-state index >= 15 is 0 Å². The lowest BCUT2D eigenvalue weighted by Gasteiger charge is -2.05. The van der Waals surface area contributed by atoms with Gasteiger partial charge in [0.05, 0.1) is 24.3 Å². The van der Waals surface area contributed by atoms with E-state index in [-0.39, 0.29) is 23.5 Å². The van der Waals surface area contributed by atoms with Crippen molar-refractivity contribution in [2.45, 2.75) is 13.3 Å². The van der Waals surface area contributed by atoms with Gasteiger partial charge in [-0.05, 0) is 13.0 Å². The predicted octanol–water partition coefficient (Wildman–Crippen LogP) is 2.34. The maximum atomic E-state index is 12.5. The second kappa shape index (κ2) is 7.27. The number of esters is 1. The summed E-state index contributed by atoms with van der Waals surface area (Å²) in [7, 11) is 0. The summed E-state index contributed by atoms with van der Waals surface area (Å²) in [6.07, 6.45) is 0.0497. The fourth-order valence-electron chi connectivity index (χ4n) is 2.36. The molecule has 0 bridgehead atoms. The molecule has 0 fully saturated rings. The van der Waals surface area contributed by atoms with Gasteiger partial charge in [0.15, 0.2) is 5.13 Å². The predicted molar refractivity (Wildman–Crippen MR) is 95.0 cm³/mol. The van der Waals surface area contributed by atoms with Gasteiger partial charge in [-0.15, -0.1) is 11.3 Å². The molecule has 1 aromatic carbocycles. The molecule has 0 unspecified atom stereocenters. The lowest BCUT2D eigenvalue weighted by Crippen LogP contribution is -2.17. The number of H-pyrrole nitrogens is 1. The highest BCUT2D eigenvalue weighted by atomic mass is 32.1. The van der Waals surface area contributed by atoms with E-state index in [1.165, 1.54) is 17.4 Å². The first-order valence-electron chi connectivity index (χ1n) is 7.60. The third kappa shape index (κ3) is 3.92. The van der Waals surface area contributed by atoms with Gasteiger partial charge >= 0.3 is 5.97 Å². The number of nitrogens with zero attached hydrogens (tertiary/aromatic N) is 1. The van der Waals surface area contributed by atoms with Crippen LogP contribution in [-0.4, -0.2) is 28.5 Å². The average Bonchev–Trinajstić information content (AvgIpc) is 3.00. The number of fused-ring (bicyclic) bond motifs is 1. The number of nitrogens with one attached hydrogen (secondary N) is 2. The molecule has 0 radical (unpaired) electrons. The minimum Gasteiger partial charge on any atom is -0.466 e. The van der Waals surface area contributed by atoms with Gasteiger partial charge in [-0.2, -0.15) is 0 Å². The van der Waals surface area contributed by atoms with Crippen molar-refractivity contribution < 1.29 is 14.3 Å². The van der Waals surface area contributed by atoms with Crippen LogP contribution in [0, 0.1) is 0 Å². The van der Waals surface area contributed by atoms with Crippen LogP contribution in [0.1, 0.15) is 23.0 Å². The van der Waals surface area contributed by atoms with E-state index in [1.54, 1.807) is 36.6 Å². The number of hydrogen-bond donors (Lipinski definition) is 2. The van der Waals surface area contributed by atoms with Gasteiger partial charge < -0.3 is 9.72 Å². The number of carbonyl (C=O) groups excluding carboxylic acids is 2. The Bertz CT molecular complexity index is 993. The van der Waals surface area contributed by atoms with E-state index in [4.69, 9.17) is 4.74 Å². The van der Waals surface area contributed by atoms with Crippen LogP contribution in [0.25, 0.3) is 10.9 Å². The molecule has 2 heterocycles. The number of hydrogen-bond acceptors (Lipinski definition) is 6. The number of para-hydroxylation sites is 1. The summed E-state index contributed by atoms with van der Waals surface area (Å²) in [4.78, 5) is 42.6. The number of thiazole rings is 1. The van der Waals surface area contributed by atoms with Crippen molar-refractivity contribution in [3.8, 4) is 0 Å². The number of ether oxygens (including phenoxy) is 1. The standard InChI is InChI=1S/C17H15N3O4S/c1-2-24-15(22)7-10-9-25-17(18-10)20-16(23)12-8-14(21)19-13-6-4-3-5-11(12)13/h3-6,8-9H,2,7H2,1H3,(H,19,21)(H,18,20,23). The molecule has 2 N–H and O–H groups in total. The average molecular weight is 357 g/mol. The lowest BCUT2D eigenvalue weighted by atomic mass is 10.1. The summed E-state index contributed by atoms with van der Waals surface area (Å²) >= 11 is 1.21. The largest absolute Gasteiger partial charge is 0.466 e. The van der Waals surface area contributed by atoms with Crippen molar-refractivity contribution in [3.63, 3.8) is 0 Å². The van der Waals surface area contributed by atoms with Crippen LogP contribution in [0.2, 0.25) is 0 Å². The van der Waals surface area contributed by atoms with Crippen LogP contribution in [0.5, 0.6) is 0 Å². The van der Waals surface area contributed by atoms with Gasteiger partial charge in [-0.3, -0.25) is 19.7 Å². The molecule has 0 saturated heterocycles. The Labute approximate surface area is 146 Å². The molecule has 3 aromatic rings. The minimum atomic E-state index is -0.431. The molecule has 0 aliphatic carbocycles. The molecular formula is C17H15N3O4S. The van der Waals surface area contributed by atoms with Crippen LogP contribution in [-0.2, 0) is 16.0 Å². The monoisotopic (exact) mass is 357 g/mol. The quantitative estimate of drug-likeness (QED) is 0.683. The van der Waals surface area contributed by atoms with Crippen molar-refractivity contribution in [1.82, 2.24) is 9.97 Å². The molecule has 2 aromatic heterocycles. The summed E-state index contributed by atoms with van der Waals surface area (Å²) in [5.74, 6) is -0.800. The van der Waals surface area contributed by atoms with Crippen molar-refractivity contribution in [3.05, 3.63) is 57.3 Å². The number of benzene rings is 1. The van der Waals surface area contributed by atoms with Gasteiger partial charge in [0.25, 0.3) is 5.91 Å². The first kappa shape index (κ1) is 16.8. The zero-order valence-corrected chi connectivity index (χ0v) is 14.2. The summed E-state index contributed by atoms with van der Waals surface area (Å²) in [6, 6.07) is 8.31. The van der Waals surface area contributed by atoms with Crippen LogP contribution in [0.3, 0.4) is 0 Å². The Morgan fingerprint density at radius 3 is 2.92 bits per heavy atom. The number of rotatable bonds is 5. The highest BCUT2D eigenvalue weighted by Crippen LogP contribution is 2.19. The number of pyridine rings is 1. The zero-order chi connectivity index (χ0) is 17.8. The van der Waals surface area contributed by atoms with Crippen LogP contribution >= 0.6 is 11.3 Å². The maximum Gasteiger partial charge on any atom is 0.311 e. The topological polar surface area (TPSA) is 101 Å². The normalized spacial score (nSPS) is 10.6. The van der Waals surface area contributed by atoms with E-state index in [0.717, 1.165) is 0 Å². The highest BCUT2D eigenvalue weighted by molar-refractivity contribution is 7.14. The van der Waals surface area contributed by atoms with E-state index < -0.39 is 5.91 Å². The van der Waals surface area contributed by atoms with Crippen LogP contribution in [0.15, 0.2) is 40.5 Å². The summed E-state index contributed by atoms with van der Waals surface area (Å²) in [5.41, 5.74) is 1.02. The summed E-state index contributed by atoms with van der Waals surface area (Å²) < 4.78 is 4.87. The second-order valence-electron chi connectivity index (χ2n) is 5.17. The van der Waals surface area contributed by atoms with Crippen molar-refractivity contribution in [2.75, 3.05) is 11.9 Å². The number of anilines is 1. The van der Waals surface area contributed by atoms with Crippen molar-refractivity contribution in [2.24, 2.45) is 0 Å². The first-order valence-corrected chi connectivity index (χ1v) is 8.48. The number of aromatic nitrogens is 2. The Kier molecular flexibility index (Phi) is 4.90. The molecule has 0 atom stereocenters. The van der Waals surface area contributed by atoms with E-state index in [2.05, 4.69) is 15.3 Å². The number of aromatic amines is 1. The lowest BCUT2D eigenvalue weighted by molar-refractivity contribution is -0.142. The Hall–Kier alpha value is -3.00. The molecule has 8 heteroatoms. The molecule has 1 amide bonds. The first-order chi connectivity index (χ1) is 12.1. The summed E-state index contributed by atoms with van der Waals surface area (Å²) in [5, 5.41) is 5.35. The van der Waals surface area contributed by atoms with E-state index in [9.17, 15) is 14.4 Å². The van der Waals surface area contributed by atoms with Gasteiger partial charge in [0.1, 0.15) is 0 Å². The minimum absolute atomic E-state index is 0.0497.